The first-order valence-corrected chi connectivity index (χ1v) is 9.48. The van der Waals surface area contributed by atoms with Crippen LogP contribution in [-0.4, -0.2) is 30.1 Å². The molecule has 1 aliphatic heterocycles. The van der Waals surface area contributed by atoms with Crippen LogP contribution in [0.3, 0.4) is 0 Å². The van der Waals surface area contributed by atoms with Crippen molar-refractivity contribution in [1.82, 2.24) is 0 Å². The molecule has 1 amide bonds. The Balaban J connectivity index is 1.89. The van der Waals surface area contributed by atoms with Crippen LogP contribution in [-0.2, 0) is 20.7 Å². The van der Waals surface area contributed by atoms with Crippen molar-refractivity contribution in [2.24, 2.45) is 0 Å². The highest BCUT2D eigenvalue weighted by Crippen LogP contribution is 2.35. The van der Waals surface area contributed by atoms with Gasteiger partial charge in [-0.2, -0.15) is 0 Å². The van der Waals surface area contributed by atoms with E-state index in [0.29, 0.717) is 16.1 Å². The third-order valence-electron chi connectivity index (χ3n) is 4.66. The Morgan fingerprint density at radius 3 is 2.70 bits per heavy atom. The summed E-state index contributed by atoms with van der Waals surface area (Å²) < 4.78 is 10.6. The van der Waals surface area contributed by atoms with Crippen molar-refractivity contribution in [3.63, 3.8) is 0 Å². The Morgan fingerprint density at radius 2 is 2.00 bits per heavy atom. The summed E-state index contributed by atoms with van der Waals surface area (Å²) in [5.74, 6) is -1.48. The molecule has 0 aliphatic carbocycles. The molecule has 1 unspecified atom stereocenters. The molecule has 0 fully saturated rings. The van der Waals surface area contributed by atoms with Gasteiger partial charge in [0.15, 0.2) is 5.60 Å². The fourth-order valence-electron chi connectivity index (χ4n) is 3.06. The van der Waals surface area contributed by atoms with Gasteiger partial charge in [0.05, 0.1) is 17.7 Å². The molecule has 27 heavy (non-hydrogen) atoms. The summed E-state index contributed by atoms with van der Waals surface area (Å²) in [6.07, 6.45) is 0.263. The summed E-state index contributed by atoms with van der Waals surface area (Å²) in [7, 11) is 0. The Bertz CT molecular complexity index is 932. The fourth-order valence-corrected chi connectivity index (χ4v) is 4.10. The minimum atomic E-state index is -1.36. The lowest BCUT2D eigenvalue weighted by molar-refractivity contribution is -0.134. The van der Waals surface area contributed by atoms with Gasteiger partial charge in [-0.1, -0.05) is 18.2 Å². The van der Waals surface area contributed by atoms with E-state index in [1.54, 1.807) is 26.0 Å². The number of carbonyl (C=O) groups excluding carboxylic acids is 3. The average molecular weight is 387 g/mol. The number of esters is 2. The SMILES string of the molecule is CCOC(=O)c1c(NC(=O)C2(C)Cc3ccccc3C(=O)O2)sc(C)c1C. The van der Waals surface area contributed by atoms with Crippen molar-refractivity contribution in [3.8, 4) is 0 Å². The number of anilines is 1. The topological polar surface area (TPSA) is 81.7 Å². The van der Waals surface area contributed by atoms with E-state index in [1.165, 1.54) is 11.3 Å². The van der Waals surface area contributed by atoms with Crippen LogP contribution in [0.5, 0.6) is 0 Å². The summed E-state index contributed by atoms with van der Waals surface area (Å²) in [6, 6.07) is 7.07. The molecule has 1 atom stereocenters. The highest BCUT2D eigenvalue weighted by Gasteiger charge is 2.43. The molecule has 0 saturated heterocycles. The Morgan fingerprint density at radius 1 is 1.30 bits per heavy atom. The van der Waals surface area contributed by atoms with E-state index in [1.807, 2.05) is 26.0 Å². The van der Waals surface area contributed by atoms with Crippen molar-refractivity contribution < 1.29 is 23.9 Å². The van der Waals surface area contributed by atoms with Crippen LogP contribution >= 0.6 is 11.3 Å². The van der Waals surface area contributed by atoms with Crippen molar-refractivity contribution >= 4 is 34.2 Å². The lowest BCUT2D eigenvalue weighted by Crippen LogP contribution is -2.48. The predicted molar refractivity (Wildman–Crippen MR) is 102 cm³/mol. The number of carbonyl (C=O) groups is 3. The average Bonchev–Trinajstić information content (AvgIpc) is 2.89. The molecule has 0 saturated carbocycles. The first-order valence-electron chi connectivity index (χ1n) is 8.66. The highest BCUT2D eigenvalue weighted by atomic mass is 32.1. The first kappa shape index (κ1) is 19.1. The van der Waals surface area contributed by atoms with Crippen molar-refractivity contribution in [2.75, 3.05) is 11.9 Å². The molecule has 3 rings (SSSR count). The van der Waals surface area contributed by atoms with Gasteiger partial charge in [0.1, 0.15) is 5.00 Å². The van der Waals surface area contributed by atoms with Gasteiger partial charge in [-0.05, 0) is 44.9 Å². The lowest BCUT2D eigenvalue weighted by atomic mass is 9.89. The summed E-state index contributed by atoms with van der Waals surface area (Å²) in [6.45, 7) is 7.23. The first-order chi connectivity index (χ1) is 12.8. The van der Waals surface area contributed by atoms with Crippen molar-refractivity contribution in [2.45, 2.75) is 39.7 Å². The van der Waals surface area contributed by atoms with Crippen LogP contribution in [0.4, 0.5) is 5.00 Å². The van der Waals surface area contributed by atoms with Crippen LogP contribution < -0.4 is 5.32 Å². The van der Waals surface area contributed by atoms with E-state index in [-0.39, 0.29) is 13.0 Å². The Hall–Kier alpha value is -2.67. The molecule has 0 spiro atoms. The molecule has 0 bridgehead atoms. The van der Waals surface area contributed by atoms with Gasteiger partial charge in [-0.3, -0.25) is 4.79 Å². The number of hydrogen-bond donors (Lipinski definition) is 1. The Kier molecular flexibility index (Phi) is 5.06. The number of cyclic esters (lactones) is 1. The molecule has 7 heteroatoms. The largest absolute Gasteiger partial charge is 0.462 e. The molecule has 1 aromatic carbocycles. The van der Waals surface area contributed by atoms with E-state index >= 15 is 0 Å². The van der Waals surface area contributed by atoms with Gasteiger partial charge in [0, 0.05) is 11.3 Å². The smallest absolute Gasteiger partial charge is 0.341 e. The maximum Gasteiger partial charge on any atom is 0.341 e. The standard InChI is InChI=1S/C20H21NO5S/c1-5-25-18(23)15-11(2)12(3)27-16(15)21-19(24)20(4)10-13-8-6-7-9-14(13)17(22)26-20/h6-9H,5,10H2,1-4H3,(H,21,24). The van der Waals surface area contributed by atoms with Gasteiger partial charge in [0.25, 0.3) is 5.91 Å². The summed E-state index contributed by atoms with van der Waals surface area (Å²) in [5, 5.41) is 3.18. The lowest BCUT2D eigenvalue weighted by Gasteiger charge is -2.32. The molecular formula is C20H21NO5S. The molecule has 1 aliphatic rings. The van der Waals surface area contributed by atoms with Gasteiger partial charge < -0.3 is 14.8 Å². The fraction of sp³-hybridized carbons (Fsp3) is 0.350. The minimum absolute atomic E-state index is 0.243. The van der Waals surface area contributed by atoms with E-state index in [9.17, 15) is 14.4 Å². The monoisotopic (exact) mass is 387 g/mol. The van der Waals surface area contributed by atoms with Gasteiger partial charge in [-0.15, -0.1) is 11.3 Å². The minimum Gasteiger partial charge on any atom is -0.462 e. The van der Waals surface area contributed by atoms with Crippen LogP contribution in [0, 0.1) is 13.8 Å². The normalized spacial score (nSPS) is 18.4. The second-order valence-corrected chi connectivity index (χ2v) is 7.84. The molecule has 1 aromatic heterocycles. The Labute approximate surface area is 161 Å². The number of benzene rings is 1. The quantitative estimate of drug-likeness (QED) is 0.810. The van der Waals surface area contributed by atoms with E-state index in [4.69, 9.17) is 9.47 Å². The molecular weight excluding hydrogens is 366 g/mol. The van der Waals surface area contributed by atoms with Crippen molar-refractivity contribution in [1.29, 1.82) is 0 Å². The maximum absolute atomic E-state index is 13.0. The number of amides is 1. The second-order valence-electron chi connectivity index (χ2n) is 6.62. The maximum atomic E-state index is 13.0. The van der Waals surface area contributed by atoms with E-state index in [2.05, 4.69) is 5.32 Å². The predicted octanol–water partition coefficient (Wildman–Crippen LogP) is 3.65. The van der Waals surface area contributed by atoms with Crippen molar-refractivity contribution in [3.05, 3.63) is 51.4 Å². The third kappa shape index (κ3) is 3.47. The molecule has 6 nitrogen and oxygen atoms in total. The molecule has 2 heterocycles. The zero-order valence-corrected chi connectivity index (χ0v) is 16.5. The number of fused-ring (bicyclic) bond motifs is 1. The highest BCUT2D eigenvalue weighted by molar-refractivity contribution is 7.16. The number of thiophene rings is 1. The van der Waals surface area contributed by atoms with E-state index in [0.717, 1.165) is 16.0 Å². The van der Waals surface area contributed by atoms with Crippen LogP contribution in [0.25, 0.3) is 0 Å². The number of hydrogen-bond acceptors (Lipinski definition) is 6. The summed E-state index contributed by atoms with van der Waals surface area (Å²) >= 11 is 1.30. The third-order valence-corrected chi connectivity index (χ3v) is 5.78. The zero-order valence-electron chi connectivity index (χ0n) is 15.7. The molecule has 142 valence electrons. The van der Waals surface area contributed by atoms with Crippen LogP contribution in [0.15, 0.2) is 24.3 Å². The number of nitrogens with one attached hydrogen (secondary N) is 1. The number of aryl methyl sites for hydroxylation is 1. The van der Waals surface area contributed by atoms with E-state index < -0.39 is 23.4 Å². The second kappa shape index (κ2) is 7.15. The van der Waals surface area contributed by atoms with Gasteiger partial charge >= 0.3 is 11.9 Å². The summed E-state index contributed by atoms with van der Waals surface area (Å²) in [4.78, 5) is 38.5. The van der Waals surface area contributed by atoms with Gasteiger partial charge in [-0.25, -0.2) is 9.59 Å². The molecule has 1 N–H and O–H groups in total. The number of rotatable bonds is 4. The zero-order chi connectivity index (χ0) is 19.8. The van der Waals surface area contributed by atoms with Crippen LogP contribution in [0.1, 0.15) is 50.6 Å². The molecule has 2 aromatic rings. The molecule has 0 radical (unpaired) electrons. The van der Waals surface area contributed by atoms with Gasteiger partial charge in [0.2, 0.25) is 0 Å². The summed E-state index contributed by atoms with van der Waals surface area (Å²) in [5.41, 5.74) is 0.987. The van der Waals surface area contributed by atoms with Crippen LogP contribution in [0.2, 0.25) is 0 Å². The number of ether oxygens (including phenoxy) is 2.